The van der Waals surface area contributed by atoms with Crippen LogP contribution in [0.1, 0.15) is 30.0 Å². The van der Waals surface area contributed by atoms with Gasteiger partial charge in [0, 0.05) is 12.2 Å². The minimum absolute atomic E-state index is 0.361. The molecular formula is C48H39N. The zero-order chi connectivity index (χ0) is 33.0. The molecule has 2 aliphatic rings. The second kappa shape index (κ2) is 13.7. The second-order valence-corrected chi connectivity index (χ2v) is 12.9. The summed E-state index contributed by atoms with van der Waals surface area (Å²) in [6.07, 6.45) is 11.2. The number of benzene rings is 6. The average Bonchev–Trinajstić information content (AvgIpc) is 3.99. The van der Waals surface area contributed by atoms with Crippen molar-refractivity contribution in [3.05, 3.63) is 211 Å². The van der Waals surface area contributed by atoms with Crippen LogP contribution < -0.4 is 0 Å². The van der Waals surface area contributed by atoms with E-state index < -0.39 is 0 Å². The molecule has 1 unspecified atom stereocenters. The number of hydrogen-bond donors (Lipinski definition) is 0. The lowest BCUT2D eigenvalue weighted by Crippen LogP contribution is -2.00. The minimum Gasteiger partial charge on any atom is -0.360 e. The maximum absolute atomic E-state index is 4.44. The van der Waals surface area contributed by atoms with Gasteiger partial charge in [-0.1, -0.05) is 183 Å². The van der Waals surface area contributed by atoms with Gasteiger partial charge in [0.1, 0.15) is 0 Å². The van der Waals surface area contributed by atoms with Crippen molar-refractivity contribution in [1.29, 1.82) is 0 Å². The summed E-state index contributed by atoms with van der Waals surface area (Å²) in [5.74, 6) is 0. The van der Waals surface area contributed by atoms with Crippen molar-refractivity contribution in [1.82, 2.24) is 4.90 Å². The summed E-state index contributed by atoms with van der Waals surface area (Å²) >= 11 is 0. The third kappa shape index (κ3) is 6.49. The van der Waals surface area contributed by atoms with Crippen LogP contribution in [0.4, 0.5) is 0 Å². The first kappa shape index (κ1) is 30.4. The number of nitrogens with zero attached hydrogens (tertiary/aromatic N) is 1. The molecule has 1 fully saturated rings. The molecule has 49 heavy (non-hydrogen) atoms. The lowest BCUT2D eigenvalue weighted by atomic mass is 9.87. The second-order valence-electron chi connectivity index (χ2n) is 12.9. The van der Waals surface area contributed by atoms with E-state index in [0.717, 1.165) is 25.0 Å². The van der Waals surface area contributed by atoms with Crippen molar-refractivity contribution in [2.24, 2.45) is 0 Å². The molecule has 0 amide bonds. The van der Waals surface area contributed by atoms with E-state index in [4.69, 9.17) is 0 Å². The van der Waals surface area contributed by atoms with Gasteiger partial charge in [-0.3, -0.25) is 0 Å². The third-order valence-electron chi connectivity index (χ3n) is 9.70. The topological polar surface area (TPSA) is 3.01 Å². The lowest BCUT2D eigenvalue weighted by molar-refractivity contribution is 0.723. The van der Waals surface area contributed by atoms with E-state index >= 15 is 0 Å². The molecule has 6 aromatic carbocycles. The summed E-state index contributed by atoms with van der Waals surface area (Å²) in [6.45, 7) is 5.44. The zero-order valence-corrected chi connectivity index (χ0v) is 27.7. The van der Waals surface area contributed by atoms with E-state index in [0.29, 0.717) is 6.04 Å². The first-order valence-electron chi connectivity index (χ1n) is 17.3. The van der Waals surface area contributed by atoms with Crippen LogP contribution in [-0.4, -0.2) is 11.4 Å². The molecule has 0 aromatic heterocycles. The summed E-state index contributed by atoms with van der Waals surface area (Å²) in [5, 5.41) is 0. The molecule has 236 valence electrons. The monoisotopic (exact) mass is 629 g/mol. The molecule has 0 saturated carbocycles. The fourth-order valence-electron chi connectivity index (χ4n) is 7.04. The Morgan fingerprint density at radius 2 is 1.10 bits per heavy atom. The molecule has 0 spiro atoms. The fraction of sp³-hybridized carbons (Fsp3) is 0.0833. The van der Waals surface area contributed by atoms with E-state index in [2.05, 4.69) is 194 Å². The van der Waals surface area contributed by atoms with Crippen molar-refractivity contribution in [2.75, 3.05) is 6.54 Å². The number of hydrogen-bond acceptors (Lipinski definition) is 1. The predicted molar refractivity (Wildman–Crippen MR) is 208 cm³/mol. The molecule has 1 atom stereocenters. The van der Waals surface area contributed by atoms with Crippen molar-refractivity contribution in [3.63, 3.8) is 0 Å². The van der Waals surface area contributed by atoms with E-state index in [1.165, 1.54) is 66.9 Å². The van der Waals surface area contributed by atoms with Crippen molar-refractivity contribution in [3.8, 4) is 44.5 Å². The van der Waals surface area contributed by atoms with E-state index in [1.54, 1.807) is 0 Å². The first-order chi connectivity index (χ1) is 24.2. The van der Waals surface area contributed by atoms with E-state index in [-0.39, 0.29) is 0 Å². The number of allylic oxidation sites excluding steroid dienone is 6. The number of rotatable bonds is 9. The summed E-state index contributed by atoms with van der Waals surface area (Å²) in [4.78, 5) is 2.49. The molecule has 0 bridgehead atoms. The van der Waals surface area contributed by atoms with Gasteiger partial charge in [0.2, 0.25) is 0 Å². The van der Waals surface area contributed by atoms with Crippen LogP contribution in [0.25, 0.3) is 50.2 Å². The standard InChI is InChI=1S/C48H39N/c1-35(36-15-6-2-7-16-36)33-46(41-19-10-4-11-20-41)49-34-47(49)42-31-27-38(28-32-42)37-25-29-40(30-26-37)45-24-14-23-44(39-17-8-3-9-18-39)48(45)43-21-12-5-13-22-43/h3-6,8-33,47H,1-2,7,34H2/b46-33-. The lowest BCUT2D eigenvalue weighted by Gasteiger charge is -2.16. The molecule has 1 nitrogen and oxygen atoms in total. The Balaban J connectivity index is 1.05. The summed E-state index contributed by atoms with van der Waals surface area (Å²) in [7, 11) is 0. The van der Waals surface area contributed by atoms with Crippen LogP contribution in [-0.2, 0) is 0 Å². The Kier molecular flexibility index (Phi) is 8.48. The maximum atomic E-state index is 4.44. The molecular weight excluding hydrogens is 591 g/mol. The summed E-state index contributed by atoms with van der Waals surface area (Å²) in [6, 6.07) is 57.4. The fourth-order valence-corrected chi connectivity index (χ4v) is 7.04. The van der Waals surface area contributed by atoms with Gasteiger partial charge >= 0.3 is 0 Å². The smallest absolute Gasteiger partial charge is 0.0719 e. The molecule has 1 heterocycles. The van der Waals surface area contributed by atoms with Crippen LogP contribution in [0, 0.1) is 0 Å². The average molecular weight is 630 g/mol. The van der Waals surface area contributed by atoms with Crippen molar-refractivity contribution < 1.29 is 0 Å². The molecule has 0 radical (unpaired) electrons. The minimum atomic E-state index is 0.361. The Morgan fingerprint density at radius 3 is 1.71 bits per heavy atom. The van der Waals surface area contributed by atoms with Gasteiger partial charge in [0.15, 0.2) is 0 Å². The Hall–Kier alpha value is -5.92. The van der Waals surface area contributed by atoms with E-state index in [9.17, 15) is 0 Å². The van der Waals surface area contributed by atoms with Crippen LogP contribution in [0.2, 0.25) is 0 Å². The molecule has 8 rings (SSSR count). The SMILES string of the molecule is C=C(/C=C(/c1ccccc1)N1CC1c1ccc(-c2ccc(-c3cccc(-c4ccccc4)c3-c3ccccc3)cc2)cc1)C1=CCCC=C1. The van der Waals surface area contributed by atoms with Gasteiger partial charge in [-0.15, -0.1) is 0 Å². The van der Waals surface area contributed by atoms with Gasteiger partial charge in [-0.2, -0.15) is 0 Å². The van der Waals surface area contributed by atoms with Gasteiger partial charge in [0.05, 0.1) is 6.04 Å². The van der Waals surface area contributed by atoms with E-state index in [1.807, 2.05) is 0 Å². The summed E-state index contributed by atoms with van der Waals surface area (Å²) < 4.78 is 0. The van der Waals surface area contributed by atoms with Gasteiger partial charge in [-0.25, -0.2) is 0 Å². The third-order valence-corrected chi connectivity index (χ3v) is 9.70. The molecule has 1 saturated heterocycles. The largest absolute Gasteiger partial charge is 0.360 e. The molecule has 0 N–H and O–H groups in total. The molecule has 1 aliphatic heterocycles. The highest BCUT2D eigenvalue weighted by Gasteiger charge is 2.37. The van der Waals surface area contributed by atoms with Crippen molar-refractivity contribution >= 4 is 5.70 Å². The molecule has 6 aromatic rings. The van der Waals surface area contributed by atoms with Crippen LogP contribution in [0.5, 0.6) is 0 Å². The Morgan fingerprint density at radius 1 is 0.551 bits per heavy atom. The van der Waals surface area contributed by atoms with Crippen molar-refractivity contribution in [2.45, 2.75) is 18.9 Å². The molecule has 1 heteroatoms. The van der Waals surface area contributed by atoms with Crippen LogP contribution in [0.15, 0.2) is 200 Å². The normalized spacial score (nSPS) is 15.5. The first-order valence-corrected chi connectivity index (χ1v) is 17.3. The summed E-state index contributed by atoms with van der Waals surface area (Å²) in [5.41, 5.74) is 16.0. The van der Waals surface area contributed by atoms with Gasteiger partial charge in [-0.05, 0) is 85.7 Å². The van der Waals surface area contributed by atoms with Crippen LogP contribution in [0.3, 0.4) is 0 Å². The quantitative estimate of drug-likeness (QED) is 0.114. The molecule has 1 aliphatic carbocycles. The maximum Gasteiger partial charge on any atom is 0.0719 e. The Bertz CT molecular complexity index is 2170. The Labute approximate surface area is 290 Å². The highest BCUT2D eigenvalue weighted by Crippen LogP contribution is 2.44. The zero-order valence-electron chi connectivity index (χ0n) is 27.7. The van der Waals surface area contributed by atoms with Gasteiger partial charge < -0.3 is 4.90 Å². The van der Waals surface area contributed by atoms with Crippen LogP contribution >= 0.6 is 0 Å². The predicted octanol–water partition coefficient (Wildman–Crippen LogP) is 12.6. The van der Waals surface area contributed by atoms with Gasteiger partial charge in [0.25, 0.3) is 0 Å². The highest BCUT2D eigenvalue weighted by atomic mass is 15.3. The highest BCUT2D eigenvalue weighted by molar-refractivity contribution is 5.94.